The van der Waals surface area contributed by atoms with E-state index >= 15 is 0 Å². The molecule has 2 aromatic rings. The maximum atomic E-state index is 12.0. The monoisotopic (exact) mass is 259 g/mol. The molecule has 0 atom stereocenters. The summed E-state index contributed by atoms with van der Waals surface area (Å²) in [5, 5.41) is 7.27. The predicted octanol–water partition coefficient (Wildman–Crippen LogP) is 2.09. The first-order valence-electron chi connectivity index (χ1n) is 4.86. The Bertz CT molecular complexity index is 539. The molecule has 8 heteroatoms. The van der Waals surface area contributed by atoms with Crippen LogP contribution in [-0.4, -0.2) is 16.6 Å². The van der Waals surface area contributed by atoms with Gasteiger partial charge in [-0.3, -0.25) is 0 Å². The molecule has 0 aliphatic rings. The van der Waals surface area contributed by atoms with Gasteiger partial charge in [0.1, 0.15) is 5.75 Å². The van der Waals surface area contributed by atoms with Crippen molar-refractivity contribution in [1.82, 2.24) is 10.2 Å². The third kappa shape index (κ3) is 2.98. The van der Waals surface area contributed by atoms with Crippen molar-refractivity contribution >= 4 is 0 Å². The molecular weight excluding hydrogens is 251 g/mol. The Morgan fingerprint density at radius 2 is 2.06 bits per heavy atom. The zero-order valence-electron chi connectivity index (χ0n) is 8.94. The highest BCUT2D eigenvalue weighted by molar-refractivity contribution is 5.55. The van der Waals surface area contributed by atoms with Gasteiger partial charge >= 0.3 is 6.36 Å². The second kappa shape index (κ2) is 4.65. The van der Waals surface area contributed by atoms with E-state index in [2.05, 4.69) is 14.9 Å². The van der Waals surface area contributed by atoms with Crippen molar-refractivity contribution < 1.29 is 22.3 Å². The van der Waals surface area contributed by atoms with Crippen LogP contribution in [0.15, 0.2) is 28.7 Å². The molecule has 2 N–H and O–H groups in total. The number of benzene rings is 1. The van der Waals surface area contributed by atoms with Crippen molar-refractivity contribution in [3.8, 4) is 17.2 Å². The molecule has 0 spiro atoms. The minimum atomic E-state index is -4.74. The number of halogens is 3. The highest BCUT2D eigenvalue weighted by atomic mass is 19.4. The molecule has 0 saturated carbocycles. The van der Waals surface area contributed by atoms with E-state index in [4.69, 9.17) is 10.2 Å². The van der Waals surface area contributed by atoms with E-state index in [0.29, 0.717) is 5.56 Å². The fourth-order valence-electron chi connectivity index (χ4n) is 1.28. The standard InChI is InChI=1S/C10H8F3N3O2/c11-10(12,13)18-7-3-1-2-6(4-7)9-16-15-8(5-14)17-9/h1-4H,5,14H2. The number of hydrogen-bond donors (Lipinski definition) is 1. The van der Waals surface area contributed by atoms with Gasteiger partial charge in [-0.15, -0.1) is 23.4 Å². The summed E-state index contributed by atoms with van der Waals surface area (Å²) in [4.78, 5) is 0. The largest absolute Gasteiger partial charge is 0.573 e. The lowest BCUT2D eigenvalue weighted by atomic mass is 10.2. The molecule has 96 valence electrons. The first kappa shape index (κ1) is 12.4. The summed E-state index contributed by atoms with van der Waals surface area (Å²) in [5.74, 6) is -0.0669. The molecule has 0 saturated heterocycles. The molecule has 0 aliphatic carbocycles. The molecule has 0 fully saturated rings. The van der Waals surface area contributed by atoms with Gasteiger partial charge in [0.2, 0.25) is 11.8 Å². The Morgan fingerprint density at radius 3 is 2.67 bits per heavy atom. The van der Waals surface area contributed by atoms with Gasteiger partial charge in [-0.05, 0) is 18.2 Å². The minimum absolute atomic E-state index is 0.0613. The summed E-state index contributed by atoms with van der Waals surface area (Å²) >= 11 is 0. The summed E-state index contributed by atoms with van der Waals surface area (Å²) in [6, 6.07) is 5.25. The molecule has 0 amide bonds. The minimum Gasteiger partial charge on any atom is -0.419 e. The third-order valence-electron chi connectivity index (χ3n) is 1.96. The SMILES string of the molecule is NCc1nnc(-c2cccc(OC(F)(F)F)c2)o1. The molecule has 0 aliphatic heterocycles. The van der Waals surface area contributed by atoms with Crippen LogP contribution in [0.5, 0.6) is 5.75 Å². The highest BCUT2D eigenvalue weighted by Crippen LogP contribution is 2.27. The van der Waals surface area contributed by atoms with E-state index in [1.54, 1.807) is 0 Å². The Kier molecular flexibility index (Phi) is 3.19. The fraction of sp³-hybridized carbons (Fsp3) is 0.200. The molecule has 5 nitrogen and oxygen atoms in total. The lowest BCUT2D eigenvalue weighted by Gasteiger charge is -2.08. The molecule has 1 aromatic heterocycles. The van der Waals surface area contributed by atoms with Gasteiger partial charge < -0.3 is 14.9 Å². The molecule has 18 heavy (non-hydrogen) atoms. The summed E-state index contributed by atoms with van der Waals surface area (Å²) in [5.41, 5.74) is 5.61. The molecule has 0 unspecified atom stereocenters. The van der Waals surface area contributed by atoms with Gasteiger partial charge in [0, 0.05) is 5.56 Å². The summed E-state index contributed by atoms with van der Waals surface area (Å²) < 4.78 is 45.0. The van der Waals surface area contributed by atoms with Crippen molar-refractivity contribution in [2.75, 3.05) is 0 Å². The molecule has 1 heterocycles. The highest BCUT2D eigenvalue weighted by Gasteiger charge is 2.31. The maximum Gasteiger partial charge on any atom is 0.573 e. The Balaban J connectivity index is 2.26. The number of alkyl halides is 3. The molecular formula is C10H8F3N3O2. The molecule has 0 bridgehead atoms. The van der Waals surface area contributed by atoms with E-state index in [0.717, 1.165) is 6.07 Å². The van der Waals surface area contributed by atoms with E-state index in [-0.39, 0.29) is 24.1 Å². The van der Waals surface area contributed by atoms with Crippen molar-refractivity contribution in [2.24, 2.45) is 5.73 Å². The van der Waals surface area contributed by atoms with Crippen molar-refractivity contribution in [3.63, 3.8) is 0 Å². The van der Waals surface area contributed by atoms with E-state index in [1.165, 1.54) is 18.2 Å². The average Bonchev–Trinajstić information content (AvgIpc) is 2.75. The van der Waals surface area contributed by atoms with Gasteiger partial charge in [0.25, 0.3) is 0 Å². The number of hydrogen-bond acceptors (Lipinski definition) is 5. The van der Waals surface area contributed by atoms with Gasteiger partial charge in [0.05, 0.1) is 6.54 Å². The van der Waals surface area contributed by atoms with Crippen LogP contribution in [0.1, 0.15) is 5.89 Å². The summed E-state index contributed by atoms with van der Waals surface area (Å²) in [6.45, 7) is 0.0613. The third-order valence-corrected chi connectivity index (χ3v) is 1.96. The summed E-state index contributed by atoms with van der Waals surface area (Å²) in [7, 11) is 0. The summed E-state index contributed by atoms with van der Waals surface area (Å²) in [6.07, 6.45) is -4.74. The van der Waals surface area contributed by atoms with Crippen LogP contribution in [0.3, 0.4) is 0 Å². The number of nitrogens with zero attached hydrogens (tertiary/aromatic N) is 2. The Morgan fingerprint density at radius 1 is 1.28 bits per heavy atom. The number of aromatic nitrogens is 2. The number of ether oxygens (including phenoxy) is 1. The van der Waals surface area contributed by atoms with E-state index in [1.807, 2.05) is 0 Å². The van der Waals surface area contributed by atoms with Crippen molar-refractivity contribution in [3.05, 3.63) is 30.2 Å². The van der Waals surface area contributed by atoms with Gasteiger partial charge in [0.15, 0.2) is 0 Å². The second-order valence-corrected chi connectivity index (χ2v) is 3.28. The van der Waals surface area contributed by atoms with Crippen LogP contribution >= 0.6 is 0 Å². The van der Waals surface area contributed by atoms with E-state index < -0.39 is 6.36 Å². The van der Waals surface area contributed by atoms with Crippen molar-refractivity contribution in [1.29, 1.82) is 0 Å². The van der Waals surface area contributed by atoms with Crippen LogP contribution in [0, 0.1) is 0 Å². The van der Waals surface area contributed by atoms with Gasteiger partial charge in [-0.1, -0.05) is 6.07 Å². The van der Waals surface area contributed by atoms with Crippen LogP contribution in [0.2, 0.25) is 0 Å². The first-order chi connectivity index (χ1) is 8.48. The lowest BCUT2D eigenvalue weighted by Crippen LogP contribution is -2.17. The maximum absolute atomic E-state index is 12.0. The molecule has 1 aromatic carbocycles. The molecule has 2 rings (SSSR count). The van der Waals surface area contributed by atoms with Gasteiger partial charge in [-0.2, -0.15) is 0 Å². The van der Waals surface area contributed by atoms with Crippen molar-refractivity contribution in [2.45, 2.75) is 12.9 Å². The van der Waals surface area contributed by atoms with Crippen LogP contribution < -0.4 is 10.5 Å². The molecule has 0 radical (unpaired) electrons. The van der Waals surface area contributed by atoms with Crippen LogP contribution in [0.4, 0.5) is 13.2 Å². The zero-order valence-corrected chi connectivity index (χ0v) is 8.94. The van der Waals surface area contributed by atoms with Crippen LogP contribution in [-0.2, 0) is 6.54 Å². The fourth-order valence-corrected chi connectivity index (χ4v) is 1.28. The predicted molar refractivity (Wildman–Crippen MR) is 54.3 cm³/mol. The number of nitrogens with two attached hydrogens (primary N) is 1. The Hall–Kier alpha value is -2.09. The quantitative estimate of drug-likeness (QED) is 0.913. The average molecular weight is 259 g/mol. The lowest BCUT2D eigenvalue weighted by molar-refractivity contribution is -0.274. The van der Waals surface area contributed by atoms with E-state index in [9.17, 15) is 13.2 Å². The smallest absolute Gasteiger partial charge is 0.419 e. The second-order valence-electron chi connectivity index (χ2n) is 3.28. The topological polar surface area (TPSA) is 74.2 Å². The zero-order chi connectivity index (χ0) is 13.2. The number of rotatable bonds is 3. The van der Waals surface area contributed by atoms with Crippen LogP contribution in [0.25, 0.3) is 11.5 Å². The van der Waals surface area contributed by atoms with Gasteiger partial charge in [-0.25, -0.2) is 0 Å². The normalized spacial score (nSPS) is 11.6. The Labute approximate surface area is 99.4 Å². The first-order valence-corrected chi connectivity index (χ1v) is 4.86.